The van der Waals surface area contributed by atoms with Crippen LogP contribution in [-0.4, -0.2) is 24.2 Å². The van der Waals surface area contributed by atoms with E-state index in [1.54, 1.807) is 0 Å². The lowest BCUT2D eigenvalue weighted by Gasteiger charge is -2.31. The van der Waals surface area contributed by atoms with Crippen molar-refractivity contribution in [3.63, 3.8) is 0 Å². The molecule has 0 bridgehead atoms. The van der Waals surface area contributed by atoms with E-state index in [0.717, 1.165) is 30.4 Å². The number of aliphatic carboxylic acids is 1. The average Bonchev–Trinajstić information content (AvgIpc) is 2.57. The van der Waals surface area contributed by atoms with Crippen molar-refractivity contribution in [3.8, 4) is 0 Å². The van der Waals surface area contributed by atoms with E-state index in [-0.39, 0.29) is 0 Å². The Kier molecular flexibility index (Phi) is 3.99. The molecule has 18 heavy (non-hydrogen) atoms. The minimum absolute atomic E-state index is 0.442. The van der Waals surface area contributed by atoms with Crippen LogP contribution in [-0.2, 0) is 16.8 Å². The van der Waals surface area contributed by atoms with Gasteiger partial charge >= 0.3 is 5.97 Å². The summed E-state index contributed by atoms with van der Waals surface area (Å²) in [5.41, 5.74) is 6.59. The number of benzene rings is 1. The fraction of sp³-hybridized carbons (Fsp3) is 0.500. The van der Waals surface area contributed by atoms with Gasteiger partial charge in [-0.3, -0.25) is 5.32 Å². The van der Waals surface area contributed by atoms with Crippen molar-refractivity contribution in [1.29, 1.82) is 0 Å². The first kappa shape index (κ1) is 13.1. The van der Waals surface area contributed by atoms with Gasteiger partial charge in [-0.1, -0.05) is 30.7 Å². The molecular weight excluding hydrogens is 228 g/mol. The Balaban J connectivity index is 2.47. The summed E-state index contributed by atoms with van der Waals surface area (Å²) in [7, 11) is 0. The van der Waals surface area contributed by atoms with Gasteiger partial charge in [0.05, 0.1) is 0 Å². The van der Waals surface area contributed by atoms with Crippen molar-refractivity contribution in [3.05, 3.63) is 35.4 Å². The van der Waals surface area contributed by atoms with Crippen LogP contribution in [0.15, 0.2) is 24.3 Å². The number of carboxylic acid groups (broad SMARTS) is 1. The maximum atomic E-state index is 11.8. The van der Waals surface area contributed by atoms with Crippen molar-refractivity contribution in [2.45, 2.75) is 31.2 Å². The molecule has 4 heteroatoms. The summed E-state index contributed by atoms with van der Waals surface area (Å²) in [6, 6.07) is 7.84. The highest BCUT2D eigenvalue weighted by molar-refractivity contribution is 5.81. The molecule has 0 amide bonds. The number of aryl methyl sites for hydroxylation is 1. The van der Waals surface area contributed by atoms with Gasteiger partial charge in [0, 0.05) is 13.1 Å². The van der Waals surface area contributed by atoms with Crippen molar-refractivity contribution in [1.82, 2.24) is 5.32 Å². The van der Waals surface area contributed by atoms with Crippen molar-refractivity contribution in [2.75, 3.05) is 13.1 Å². The lowest BCUT2D eigenvalue weighted by atomic mass is 9.84. The lowest BCUT2D eigenvalue weighted by Crippen LogP contribution is -2.50. The van der Waals surface area contributed by atoms with Crippen LogP contribution in [0, 0.1) is 0 Å². The molecule has 98 valence electrons. The molecular formula is C14H20N2O2. The number of fused-ring (bicyclic) bond motifs is 1. The predicted molar refractivity (Wildman–Crippen MR) is 70.4 cm³/mol. The van der Waals surface area contributed by atoms with E-state index in [0.29, 0.717) is 19.5 Å². The molecule has 1 aliphatic carbocycles. The second-order valence-electron chi connectivity index (χ2n) is 4.79. The largest absolute Gasteiger partial charge is 0.480 e. The van der Waals surface area contributed by atoms with E-state index in [1.165, 1.54) is 0 Å². The molecule has 4 nitrogen and oxygen atoms in total. The molecule has 0 saturated heterocycles. The van der Waals surface area contributed by atoms with Gasteiger partial charge in [-0.2, -0.15) is 0 Å². The van der Waals surface area contributed by atoms with Gasteiger partial charge in [-0.15, -0.1) is 0 Å². The molecule has 1 atom stereocenters. The highest BCUT2D eigenvalue weighted by Crippen LogP contribution is 2.34. The summed E-state index contributed by atoms with van der Waals surface area (Å²) in [5.74, 6) is -0.801. The van der Waals surface area contributed by atoms with Crippen LogP contribution >= 0.6 is 0 Å². The van der Waals surface area contributed by atoms with Crippen LogP contribution in [0.25, 0.3) is 0 Å². The molecule has 1 unspecified atom stereocenters. The summed E-state index contributed by atoms with van der Waals surface area (Å²) in [4.78, 5) is 11.8. The molecule has 0 fully saturated rings. The zero-order chi connectivity index (χ0) is 13.0. The standard InChI is InChI=1S/C14H20N2O2/c15-9-10-16-14(13(17)18)8-4-3-6-11-5-1-2-7-12(11)14/h1-2,5,7,16H,3-4,6,8-10,15H2,(H,17,18). The highest BCUT2D eigenvalue weighted by Gasteiger charge is 2.41. The fourth-order valence-corrected chi connectivity index (χ4v) is 2.76. The molecule has 1 aliphatic rings. The third-order valence-electron chi connectivity index (χ3n) is 3.66. The second-order valence-corrected chi connectivity index (χ2v) is 4.79. The maximum absolute atomic E-state index is 11.8. The number of hydrogen-bond acceptors (Lipinski definition) is 3. The first-order chi connectivity index (χ1) is 8.70. The summed E-state index contributed by atoms with van der Waals surface area (Å²) >= 11 is 0. The lowest BCUT2D eigenvalue weighted by molar-refractivity contribution is -0.145. The van der Waals surface area contributed by atoms with Gasteiger partial charge < -0.3 is 10.8 Å². The number of hydrogen-bond donors (Lipinski definition) is 3. The van der Waals surface area contributed by atoms with E-state index < -0.39 is 11.5 Å². The first-order valence-electron chi connectivity index (χ1n) is 6.47. The third kappa shape index (κ3) is 2.26. The Bertz CT molecular complexity index is 434. The molecule has 0 aliphatic heterocycles. The summed E-state index contributed by atoms with van der Waals surface area (Å²) < 4.78 is 0. The van der Waals surface area contributed by atoms with E-state index in [9.17, 15) is 9.90 Å². The highest BCUT2D eigenvalue weighted by atomic mass is 16.4. The molecule has 4 N–H and O–H groups in total. The van der Waals surface area contributed by atoms with Crippen LogP contribution in [0.4, 0.5) is 0 Å². The predicted octanol–water partition coefficient (Wildman–Crippen LogP) is 1.24. The number of rotatable bonds is 4. The molecule has 0 spiro atoms. The molecule has 0 heterocycles. The van der Waals surface area contributed by atoms with E-state index in [2.05, 4.69) is 5.32 Å². The van der Waals surface area contributed by atoms with Crippen LogP contribution in [0.3, 0.4) is 0 Å². The van der Waals surface area contributed by atoms with E-state index in [4.69, 9.17) is 5.73 Å². The zero-order valence-electron chi connectivity index (χ0n) is 10.5. The first-order valence-corrected chi connectivity index (χ1v) is 6.47. The summed E-state index contributed by atoms with van der Waals surface area (Å²) in [6.07, 6.45) is 3.53. The zero-order valence-corrected chi connectivity index (χ0v) is 10.5. The Morgan fingerprint density at radius 2 is 2.17 bits per heavy atom. The van der Waals surface area contributed by atoms with E-state index in [1.807, 2.05) is 24.3 Å². The fourth-order valence-electron chi connectivity index (χ4n) is 2.76. The number of carbonyl (C=O) groups is 1. The molecule has 1 aromatic carbocycles. The topological polar surface area (TPSA) is 75.3 Å². The normalized spacial score (nSPS) is 23.2. The van der Waals surface area contributed by atoms with Crippen LogP contribution in [0.5, 0.6) is 0 Å². The van der Waals surface area contributed by atoms with Gasteiger partial charge in [0.25, 0.3) is 0 Å². The molecule has 0 saturated carbocycles. The Morgan fingerprint density at radius 3 is 2.89 bits per heavy atom. The Labute approximate surface area is 107 Å². The minimum Gasteiger partial charge on any atom is -0.480 e. The van der Waals surface area contributed by atoms with Gasteiger partial charge in [0.2, 0.25) is 0 Å². The Morgan fingerprint density at radius 1 is 1.39 bits per heavy atom. The molecule has 1 aromatic rings. The average molecular weight is 248 g/mol. The van der Waals surface area contributed by atoms with Crippen LogP contribution in [0.2, 0.25) is 0 Å². The quantitative estimate of drug-likeness (QED) is 0.701. The maximum Gasteiger partial charge on any atom is 0.328 e. The van der Waals surface area contributed by atoms with Gasteiger partial charge in [-0.25, -0.2) is 4.79 Å². The van der Waals surface area contributed by atoms with Crippen LogP contribution in [0.1, 0.15) is 30.4 Å². The monoisotopic (exact) mass is 248 g/mol. The van der Waals surface area contributed by atoms with Crippen LogP contribution < -0.4 is 11.1 Å². The molecule has 0 aromatic heterocycles. The van der Waals surface area contributed by atoms with Crippen molar-refractivity contribution >= 4 is 5.97 Å². The summed E-state index contributed by atoms with van der Waals surface area (Å²) in [6.45, 7) is 0.956. The number of carboxylic acids is 1. The van der Waals surface area contributed by atoms with Gasteiger partial charge in [0.15, 0.2) is 0 Å². The Hall–Kier alpha value is -1.39. The number of nitrogens with one attached hydrogen (secondary N) is 1. The van der Waals surface area contributed by atoms with Gasteiger partial charge in [0.1, 0.15) is 5.54 Å². The third-order valence-corrected chi connectivity index (χ3v) is 3.66. The smallest absolute Gasteiger partial charge is 0.328 e. The SMILES string of the molecule is NCCNC1(C(=O)O)CCCCc2ccccc21. The molecule has 0 radical (unpaired) electrons. The molecule has 2 rings (SSSR count). The van der Waals surface area contributed by atoms with Crippen molar-refractivity contribution in [2.24, 2.45) is 5.73 Å². The minimum atomic E-state index is -0.966. The van der Waals surface area contributed by atoms with Crippen molar-refractivity contribution < 1.29 is 9.90 Å². The number of nitrogens with two attached hydrogens (primary N) is 1. The van der Waals surface area contributed by atoms with E-state index >= 15 is 0 Å². The summed E-state index contributed by atoms with van der Waals surface area (Å²) in [5, 5.41) is 12.8. The second kappa shape index (κ2) is 5.50. The van der Waals surface area contributed by atoms with Gasteiger partial charge in [-0.05, 0) is 30.4 Å².